The minimum Gasteiger partial charge on any atom is -0.495 e. The van der Waals surface area contributed by atoms with E-state index in [0.717, 1.165) is 17.5 Å². The molecule has 1 aliphatic rings. The van der Waals surface area contributed by atoms with Gasteiger partial charge in [0.1, 0.15) is 17.4 Å². The van der Waals surface area contributed by atoms with Crippen LogP contribution < -0.4 is 15.0 Å². The standard InChI is InChI=1S/C21H20ClN5O4/c1-31-20-5-3-2-4-19(20)26-10-8-25(9-11-26)14-15(13-23)21(28)24-18-12-16(27(29)30)6-7-17(18)22/h2-7,12,14H,8-11H2,1H3,(H,24,28)/b15-14-. The number of benzene rings is 2. The molecule has 1 heterocycles. The number of rotatable bonds is 6. The first-order valence-corrected chi connectivity index (χ1v) is 9.80. The molecule has 1 saturated heterocycles. The molecule has 2 aromatic carbocycles. The third-order valence-corrected chi connectivity index (χ3v) is 5.16. The number of non-ortho nitro benzene ring substituents is 1. The van der Waals surface area contributed by atoms with Gasteiger partial charge in [0.25, 0.3) is 11.6 Å². The lowest BCUT2D eigenvalue weighted by molar-refractivity contribution is -0.384. The largest absolute Gasteiger partial charge is 0.495 e. The molecule has 1 amide bonds. The summed E-state index contributed by atoms with van der Waals surface area (Å²) in [5.74, 6) is 0.106. The second kappa shape index (κ2) is 9.82. The van der Waals surface area contributed by atoms with E-state index in [0.29, 0.717) is 26.2 Å². The molecule has 160 valence electrons. The lowest BCUT2D eigenvalue weighted by atomic mass is 10.2. The number of nitrogens with one attached hydrogen (secondary N) is 1. The topological polar surface area (TPSA) is 112 Å². The van der Waals surface area contributed by atoms with E-state index in [1.54, 1.807) is 7.11 Å². The SMILES string of the molecule is COc1ccccc1N1CCN(/C=C(/C#N)C(=O)Nc2cc([N+](=O)[O-])ccc2Cl)CC1. The van der Waals surface area contributed by atoms with Crippen LogP contribution in [0, 0.1) is 21.4 Å². The number of halogens is 1. The Labute approximate surface area is 184 Å². The van der Waals surface area contributed by atoms with Crippen molar-refractivity contribution in [2.24, 2.45) is 0 Å². The second-order valence-corrected chi connectivity index (χ2v) is 7.13. The summed E-state index contributed by atoms with van der Waals surface area (Å²) >= 11 is 6.02. The normalized spacial score (nSPS) is 14.0. The molecule has 0 atom stereocenters. The third kappa shape index (κ3) is 5.24. The molecule has 0 bridgehead atoms. The van der Waals surface area contributed by atoms with Crippen LogP contribution in [0.3, 0.4) is 0 Å². The van der Waals surface area contributed by atoms with Crippen LogP contribution in [-0.4, -0.2) is 49.0 Å². The smallest absolute Gasteiger partial charge is 0.271 e. The van der Waals surface area contributed by atoms with E-state index in [9.17, 15) is 20.2 Å². The molecule has 0 aromatic heterocycles. The molecular weight excluding hydrogens is 422 g/mol. The summed E-state index contributed by atoms with van der Waals surface area (Å²) in [7, 11) is 1.63. The van der Waals surface area contributed by atoms with Gasteiger partial charge in [0.15, 0.2) is 0 Å². The number of hydrogen-bond donors (Lipinski definition) is 1. The average molecular weight is 442 g/mol. The number of ether oxygens (including phenoxy) is 1. The summed E-state index contributed by atoms with van der Waals surface area (Å²) in [5, 5.41) is 23.0. The number of nitro benzene ring substituents is 1. The molecule has 0 unspecified atom stereocenters. The van der Waals surface area contributed by atoms with Crippen molar-refractivity contribution < 1.29 is 14.5 Å². The van der Waals surface area contributed by atoms with Crippen LogP contribution in [0.15, 0.2) is 54.2 Å². The van der Waals surface area contributed by atoms with Crippen molar-refractivity contribution in [1.29, 1.82) is 5.26 Å². The van der Waals surface area contributed by atoms with Crippen molar-refractivity contribution in [2.75, 3.05) is 43.5 Å². The van der Waals surface area contributed by atoms with Gasteiger partial charge in [-0.1, -0.05) is 23.7 Å². The van der Waals surface area contributed by atoms with Crippen LogP contribution in [0.5, 0.6) is 5.75 Å². The van der Waals surface area contributed by atoms with Crippen LogP contribution >= 0.6 is 11.6 Å². The molecule has 0 radical (unpaired) electrons. The zero-order chi connectivity index (χ0) is 22.4. The minimum atomic E-state index is -0.683. The maximum atomic E-state index is 12.5. The molecule has 9 nitrogen and oxygen atoms in total. The lowest BCUT2D eigenvalue weighted by Crippen LogP contribution is -2.44. The Bertz CT molecular complexity index is 1060. The van der Waals surface area contributed by atoms with E-state index in [2.05, 4.69) is 10.2 Å². The summed E-state index contributed by atoms with van der Waals surface area (Å²) in [6.07, 6.45) is 1.50. The second-order valence-electron chi connectivity index (χ2n) is 6.72. The molecular formula is C21H20ClN5O4. The Kier molecular flexibility index (Phi) is 6.95. The Morgan fingerprint density at radius 2 is 1.97 bits per heavy atom. The maximum absolute atomic E-state index is 12.5. The number of carbonyl (C=O) groups excluding carboxylic acids is 1. The van der Waals surface area contributed by atoms with Crippen LogP contribution in [0.4, 0.5) is 17.1 Å². The molecule has 10 heteroatoms. The first kappa shape index (κ1) is 21.9. The van der Waals surface area contributed by atoms with Gasteiger partial charge >= 0.3 is 0 Å². The molecule has 31 heavy (non-hydrogen) atoms. The minimum absolute atomic E-state index is 0.0722. The van der Waals surface area contributed by atoms with E-state index >= 15 is 0 Å². The van der Waals surface area contributed by atoms with Gasteiger partial charge in [-0.3, -0.25) is 14.9 Å². The average Bonchev–Trinajstić information content (AvgIpc) is 2.79. The molecule has 1 N–H and O–H groups in total. The number of anilines is 2. The number of piperazine rings is 1. The molecule has 3 rings (SSSR count). The van der Waals surface area contributed by atoms with E-state index in [4.69, 9.17) is 16.3 Å². The molecule has 0 saturated carbocycles. The molecule has 0 aliphatic carbocycles. The summed E-state index contributed by atoms with van der Waals surface area (Å²) < 4.78 is 5.41. The van der Waals surface area contributed by atoms with E-state index in [1.165, 1.54) is 18.3 Å². The van der Waals surface area contributed by atoms with Crippen molar-refractivity contribution in [1.82, 2.24) is 4.90 Å². The predicted octanol–water partition coefficient (Wildman–Crippen LogP) is 3.42. The van der Waals surface area contributed by atoms with Gasteiger partial charge in [0.05, 0.1) is 28.4 Å². The maximum Gasteiger partial charge on any atom is 0.271 e. The summed E-state index contributed by atoms with van der Waals surface area (Å²) in [5.41, 5.74) is 0.734. The summed E-state index contributed by atoms with van der Waals surface area (Å²) in [6.45, 7) is 2.59. The van der Waals surface area contributed by atoms with Crippen molar-refractivity contribution in [3.05, 3.63) is 69.4 Å². The van der Waals surface area contributed by atoms with E-state index < -0.39 is 10.8 Å². The summed E-state index contributed by atoms with van der Waals surface area (Å²) in [6, 6.07) is 13.3. The van der Waals surface area contributed by atoms with Crippen molar-refractivity contribution >= 4 is 34.6 Å². The van der Waals surface area contributed by atoms with Gasteiger partial charge in [0.2, 0.25) is 0 Å². The molecule has 0 spiro atoms. The highest BCUT2D eigenvalue weighted by molar-refractivity contribution is 6.34. The first-order valence-electron chi connectivity index (χ1n) is 9.42. The quantitative estimate of drug-likeness (QED) is 0.316. The van der Waals surface area contributed by atoms with Crippen molar-refractivity contribution in [3.63, 3.8) is 0 Å². The van der Waals surface area contributed by atoms with Gasteiger partial charge in [-0.15, -0.1) is 0 Å². The first-order chi connectivity index (χ1) is 14.9. The Hall–Kier alpha value is -3.77. The number of methoxy groups -OCH3 is 1. The van der Waals surface area contributed by atoms with E-state index in [1.807, 2.05) is 35.2 Å². The molecule has 1 aliphatic heterocycles. The number of amides is 1. The number of hydrogen-bond acceptors (Lipinski definition) is 7. The molecule has 2 aromatic rings. The Balaban J connectivity index is 1.67. The highest BCUT2D eigenvalue weighted by Gasteiger charge is 2.20. The number of nitro groups is 1. The van der Waals surface area contributed by atoms with Gasteiger partial charge in [-0.2, -0.15) is 5.26 Å². The predicted molar refractivity (Wildman–Crippen MR) is 117 cm³/mol. The Morgan fingerprint density at radius 3 is 2.61 bits per heavy atom. The van der Waals surface area contributed by atoms with Gasteiger partial charge in [0, 0.05) is 44.5 Å². The zero-order valence-corrected chi connectivity index (χ0v) is 17.5. The zero-order valence-electron chi connectivity index (χ0n) is 16.7. The fourth-order valence-corrected chi connectivity index (χ4v) is 3.38. The third-order valence-electron chi connectivity index (χ3n) is 4.83. The van der Waals surface area contributed by atoms with Crippen LogP contribution in [0.1, 0.15) is 0 Å². The monoisotopic (exact) mass is 441 g/mol. The number of para-hydroxylation sites is 2. The number of nitrogens with zero attached hydrogens (tertiary/aromatic N) is 4. The van der Waals surface area contributed by atoms with Crippen molar-refractivity contribution in [3.8, 4) is 11.8 Å². The highest BCUT2D eigenvalue weighted by Crippen LogP contribution is 2.29. The van der Waals surface area contributed by atoms with Gasteiger partial charge < -0.3 is 19.9 Å². The van der Waals surface area contributed by atoms with Gasteiger partial charge in [-0.05, 0) is 18.2 Å². The summed E-state index contributed by atoms with van der Waals surface area (Å²) in [4.78, 5) is 27.0. The fraction of sp³-hybridized carbons (Fsp3) is 0.238. The van der Waals surface area contributed by atoms with E-state index in [-0.39, 0.29) is 22.0 Å². The van der Waals surface area contributed by atoms with Crippen LogP contribution in [-0.2, 0) is 4.79 Å². The highest BCUT2D eigenvalue weighted by atomic mass is 35.5. The Morgan fingerprint density at radius 1 is 1.26 bits per heavy atom. The van der Waals surface area contributed by atoms with Crippen LogP contribution in [0.2, 0.25) is 5.02 Å². The van der Waals surface area contributed by atoms with Crippen molar-refractivity contribution in [2.45, 2.75) is 0 Å². The fourth-order valence-electron chi connectivity index (χ4n) is 3.22. The van der Waals surface area contributed by atoms with Gasteiger partial charge in [-0.25, -0.2) is 0 Å². The lowest BCUT2D eigenvalue weighted by Gasteiger charge is -2.36. The number of nitriles is 1. The van der Waals surface area contributed by atoms with Crippen LogP contribution in [0.25, 0.3) is 0 Å². The molecule has 1 fully saturated rings. The number of carbonyl (C=O) groups is 1.